The standard InChI is InChI=1S/C5H9NO3S.Au.Na.2H2O.H/c1-3(7)6-4(2-10)5(8)9;;;;;/h4,10H,2H2,1H3,(H,6,7)(H,8,9);;;2*1H2;. The van der Waals surface area contributed by atoms with Gasteiger partial charge in [0.25, 0.3) is 0 Å². The molecule has 0 aliphatic rings. The summed E-state index contributed by atoms with van der Waals surface area (Å²) in [6.45, 7) is 1.26. The predicted molar refractivity (Wildman–Crippen MR) is 53.5 cm³/mol. The summed E-state index contributed by atoms with van der Waals surface area (Å²) >= 11 is 3.73. The van der Waals surface area contributed by atoms with E-state index in [2.05, 4.69) is 17.9 Å². The van der Waals surface area contributed by atoms with E-state index in [0.29, 0.717) is 0 Å². The van der Waals surface area contributed by atoms with Crippen LogP contribution in [0, 0.1) is 0 Å². The number of aliphatic carboxylic acids is 1. The molecule has 1 radical (unpaired) electrons. The normalized spacial score (nSPS) is 8.71. The maximum atomic E-state index is 10.3. The second-order valence-electron chi connectivity index (χ2n) is 1.77. The molecule has 0 fully saturated rings. The maximum absolute atomic E-state index is 10.3. The molecule has 14 heavy (non-hydrogen) atoms. The minimum absolute atomic E-state index is 0. The number of amides is 1. The fourth-order valence-electron chi connectivity index (χ4n) is 0.431. The molecule has 0 aromatic rings. The molecule has 0 heterocycles. The predicted octanol–water partition coefficient (Wildman–Crippen LogP) is -2.79. The van der Waals surface area contributed by atoms with Gasteiger partial charge in [-0.15, -0.1) is 0 Å². The number of hydrogen-bond acceptors (Lipinski definition) is 3. The van der Waals surface area contributed by atoms with E-state index in [1.807, 2.05) is 0 Å². The summed E-state index contributed by atoms with van der Waals surface area (Å²) in [6, 6.07) is -0.874. The van der Waals surface area contributed by atoms with Crippen LogP contribution in [-0.2, 0) is 32.0 Å². The van der Waals surface area contributed by atoms with Gasteiger partial charge in [0.1, 0.15) is 6.04 Å². The number of thiol groups is 1. The Balaban J connectivity index is -0.0000000675. The Morgan fingerprint density at radius 3 is 1.86 bits per heavy atom. The Kier molecular flexibility index (Phi) is 34.4. The second-order valence-corrected chi connectivity index (χ2v) is 2.14. The summed E-state index contributed by atoms with van der Waals surface area (Å²) in [4.78, 5) is 20.5. The summed E-state index contributed by atoms with van der Waals surface area (Å²) in [5.41, 5.74) is 0. The number of carbonyl (C=O) groups excluding carboxylic acids is 1. The SMILES string of the molecule is CC(=O)NC(CS)C(=O)O.O.O.[Au].[NaH]. The molecule has 0 saturated carbocycles. The van der Waals surface area contributed by atoms with Gasteiger partial charge < -0.3 is 21.4 Å². The van der Waals surface area contributed by atoms with Gasteiger partial charge in [-0.05, 0) is 0 Å². The molecule has 87 valence electrons. The molecule has 0 bridgehead atoms. The van der Waals surface area contributed by atoms with Gasteiger partial charge in [-0.1, -0.05) is 0 Å². The quantitative estimate of drug-likeness (QED) is 0.337. The number of rotatable bonds is 3. The first kappa shape index (κ1) is 29.4. The molecule has 1 amide bonds. The third kappa shape index (κ3) is 15.4. The molecule has 6 nitrogen and oxygen atoms in total. The van der Waals surface area contributed by atoms with Crippen molar-refractivity contribution in [1.29, 1.82) is 0 Å². The van der Waals surface area contributed by atoms with Crippen molar-refractivity contribution in [3.63, 3.8) is 0 Å². The number of carbonyl (C=O) groups is 2. The monoisotopic (exact) mass is 420 g/mol. The molecule has 0 spiro atoms. The van der Waals surface area contributed by atoms with Crippen LogP contribution >= 0.6 is 12.6 Å². The molecular formula is C5H14AuNNaO5S. The Bertz CT molecular complexity index is 161. The van der Waals surface area contributed by atoms with Crippen LogP contribution in [0.25, 0.3) is 0 Å². The van der Waals surface area contributed by atoms with Crippen LogP contribution < -0.4 is 5.32 Å². The van der Waals surface area contributed by atoms with Crippen molar-refractivity contribution >= 4 is 54.1 Å². The second kappa shape index (κ2) is 16.4. The zero-order valence-corrected chi connectivity index (χ0v) is 9.86. The van der Waals surface area contributed by atoms with Crippen LogP contribution in [0.5, 0.6) is 0 Å². The third-order valence-electron chi connectivity index (χ3n) is 0.858. The van der Waals surface area contributed by atoms with Gasteiger partial charge in [-0.25, -0.2) is 4.79 Å². The molecule has 6 N–H and O–H groups in total. The van der Waals surface area contributed by atoms with E-state index in [4.69, 9.17) is 5.11 Å². The summed E-state index contributed by atoms with van der Waals surface area (Å²) < 4.78 is 0. The zero-order valence-electron chi connectivity index (χ0n) is 6.80. The van der Waals surface area contributed by atoms with Gasteiger partial charge in [0, 0.05) is 35.1 Å². The minimum atomic E-state index is -1.06. The summed E-state index contributed by atoms with van der Waals surface area (Å²) in [5, 5.41) is 10.6. The van der Waals surface area contributed by atoms with Crippen molar-refractivity contribution in [1.82, 2.24) is 5.32 Å². The van der Waals surface area contributed by atoms with Crippen LogP contribution in [0.4, 0.5) is 0 Å². The molecule has 0 aromatic heterocycles. The van der Waals surface area contributed by atoms with Crippen molar-refractivity contribution in [2.24, 2.45) is 0 Å². The van der Waals surface area contributed by atoms with E-state index in [9.17, 15) is 9.59 Å². The molecule has 1 unspecified atom stereocenters. The molecule has 9 heteroatoms. The fraction of sp³-hybridized carbons (Fsp3) is 0.600. The van der Waals surface area contributed by atoms with Crippen LogP contribution in [0.3, 0.4) is 0 Å². The van der Waals surface area contributed by atoms with Gasteiger partial charge >= 0.3 is 35.5 Å². The van der Waals surface area contributed by atoms with E-state index in [1.54, 1.807) is 0 Å². The van der Waals surface area contributed by atoms with E-state index < -0.39 is 12.0 Å². The average molecular weight is 420 g/mol. The summed E-state index contributed by atoms with van der Waals surface area (Å²) in [5.74, 6) is -1.32. The average Bonchev–Trinajstić information content (AvgIpc) is 1.81. The topological polar surface area (TPSA) is 129 Å². The van der Waals surface area contributed by atoms with Crippen LogP contribution in [-0.4, -0.2) is 69.3 Å². The van der Waals surface area contributed by atoms with Gasteiger partial charge in [0.15, 0.2) is 0 Å². The Labute approximate surface area is 125 Å². The number of hydrogen-bond donors (Lipinski definition) is 3. The summed E-state index contributed by atoms with van der Waals surface area (Å²) in [7, 11) is 0. The van der Waals surface area contributed by atoms with Gasteiger partial charge in [0.05, 0.1) is 0 Å². The number of carboxylic acid groups (broad SMARTS) is 1. The van der Waals surface area contributed by atoms with Crippen molar-refractivity contribution < 1.29 is 48.0 Å². The molecular weight excluding hydrogens is 406 g/mol. The molecule has 1 atom stereocenters. The van der Waals surface area contributed by atoms with Crippen LogP contribution in [0.2, 0.25) is 0 Å². The van der Waals surface area contributed by atoms with E-state index >= 15 is 0 Å². The van der Waals surface area contributed by atoms with Crippen molar-refractivity contribution in [2.75, 3.05) is 5.75 Å². The third-order valence-corrected chi connectivity index (χ3v) is 1.22. The number of carboxylic acids is 1. The Hall–Kier alpha value is 0.950. The van der Waals surface area contributed by atoms with Gasteiger partial charge in [0.2, 0.25) is 5.91 Å². The van der Waals surface area contributed by atoms with Crippen LogP contribution in [0.15, 0.2) is 0 Å². The zero-order chi connectivity index (χ0) is 8.15. The van der Waals surface area contributed by atoms with E-state index in [-0.39, 0.29) is 74.5 Å². The first-order chi connectivity index (χ1) is 4.57. The Morgan fingerprint density at radius 1 is 1.43 bits per heavy atom. The van der Waals surface area contributed by atoms with Crippen molar-refractivity contribution in [3.8, 4) is 0 Å². The molecule has 0 aliphatic carbocycles. The Morgan fingerprint density at radius 2 is 1.79 bits per heavy atom. The van der Waals surface area contributed by atoms with Crippen molar-refractivity contribution in [2.45, 2.75) is 13.0 Å². The molecule has 0 aliphatic heterocycles. The summed E-state index contributed by atoms with van der Waals surface area (Å²) in [6.07, 6.45) is 0. The molecule has 0 saturated heterocycles. The molecule has 0 rings (SSSR count). The van der Waals surface area contributed by atoms with Gasteiger partial charge in [-0.2, -0.15) is 12.6 Å². The van der Waals surface area contributed by atoms with E-state index in [0.717, 1.165) is 0 Å². The first-order valence-electron chi connectivity index (χ1n) is 2.68. The van der Waals surface area contributed by atoms with Crippen molar-refractivity contribution in [3.05, 3.63) is 0 Å². The molecule has 0 aromatic carbocycles. The first-order valence-corrected chi connectivity index (χ1v) is 3.32. The number of nitrogens with one attached hydrogen (secondary N) is 1. The van der Waals surface area contributed by atoms with E-state index in [1.165, 1.54) is 6.92 Å². The fourth-order valence-corrected chi connectivity index (χ4v) is 0.678. The van der Waals surface area contributed by atoms with Crippen LogP contribution in [0.1, 0.15) is 6.92 Å². The van der Waals surface area contributed by atoms with Gasteiger partial charge in [-0.3, -0.25) is 4.79 Å².